The molecular weight excluding hydrogens is 332 g/mol. The minimum atomic E-state index is 0.251. The minimum Gasteiger partial charge on any atom is -0.493 e. The third-order valence-corrected chi connectivity index (χ3v) is 4.58. The second-order valence-corrected chi connectivity index (χ2v) is 6.00. The van der Waals surface area contributed by atoms with Gasteiger partial charge in [0.15, 0.2) is 23.0 Å². The Morgan fingerprint density at radius 2 is 1.77 bits per heavy atom. The Labute approximate surface area is 151 Å². The molecule has 1 N–H and O–H groups in total. The number of hydrogen-bond donors (Lipinski definition) is 1. The topological polar surface area (TPSA) is 72.7 Å². The zero-order valence-electron chi connectivity index (χ0n) is 14.6. The second kappa shape index (κ2) is 6.52. The zero-order valence-corrected chi connectivity index (χ0v) is 14.6. The molecule has 132 valence electrons. The highest BCUT2D eigenvalue weighted by molar-refractivity contribution is 5.85. The van der Waals surface area contributed by atoms with Gasteiger partial charge in [0.2, 0.25) is 6.79 Å². The highest BCUT2D eigenvalue weighted by atomic mass is 16.7. The third-order valence-electron chi connectivity index (χ3n) is 4.58. The van der Waals surface area contributed by atoms with Gasteiger partial charge < -0.3 is 24.3 Å². The summed E-state index contributed by atoms with van der Waals surface area (Å²) in [5.41, 5.74) is 4.38. The second-order valence-electron chi connectivity index (χ2n) is 6.00. The molecule has 0 radical (unpaired) electrons. The largest absolute Gasteiger partial charge is 0.493 e. The predicted octanol–water partition coefficient (Wildman–Crippen LogP) is 2.95. The lowest BCUT2D eigenvalue weighted by Crippen LogP contribution is -2.14. The first kappa shape index (κ1) is 16.2. The summed E-state index contributed by atoms with van der Waals surface area (Å²) in [7, 11) is 3.14. The van der Waals surface area contributed by atoms with Gasteiger partial charge in [-0.3, -0.25) is 0 Å². The van der Waals surface area contributed by atoms with Crippen molar-refractivity contribution in [1.82, 2.24) is 5.32 Å². The summed E-state index contributed by atoms with van der Waals surface area (Å²) >= 11 is 0. The molecule has 0 bridgehead atoms. The summed E-state index contributed by atoms with van der Waals surface area (Å²) in [6.45, 7) is 0.999. The van der Waals surface area contributed by atoms with E-state index in [9.17, 15) is 5.26 Å². The molecule has 4 rings (SSSR count). The van der Waals surface area contributed by atoms with Crippen molar-refractivity contribution < 1.29 is 18.9 Å². The van der Waals surface area contributed by atoms with Crippen LogP contribution in [0.2, 0.25) is 0 Å². The number of nitrogens with zero attached hydrogens (tertiary/aromatic N) is 1. The SMILES string of the molecule is COc1cc(C#N)c(C2=Cc3cc4c(cc3CCN2)OCO4)cc1OC. The van der Waals surface area contributed by atoms with Gasteiger partial charge in [-0.15, -0.1) is 0 Å². The highest BCUT2D eigenvalue weighted by Gasteiger charge is 2.20. The molecule has 6 nitrogen and oxygen atoms in total. The van der Waals surface area contributed by atoms with Crippen molar-refractivity contribution in [2.75, 3.05) is 27.6 Å². The first-order valence-corrected chi connectivity index (χ1v) is 8.28. The summed E-state index contributed by atoms with van der Waals surface area (Å²) < 4.78 is 21.7. The van der Waals surface area contributed by atoms with E-state index in [-0.39, 0.29) is 6.79 Å². The van der Waals surface area contributed by atoms with Crippen LogP contribution >= 0.6 is 0 Å². The van der Waals surface area contributed by atoms with Gasteiger partial charge in [-0.05, 0) is 41.8 Å². The summed E-state index contributed by atoms with van der Waals surface area (Å²) in [6.07, 6.45) is 2.88. The van der Waals surface area contributed by atoms with Crippen LogP contribution in [0.4, 0.5) is 0 Å². The molecule has 2 aromatic carbocycles. The smallest absolute Gasteiger partial charge is 0.231 e. The number of fused-ring (bicyclic) bond motifs is 2. The van der Waals surface area contributed by atoms with E-state index in [2.05, 4.69) is 11.4 Å². The molecule has 2 heterocycles. The van der Waals surface area contributed by atoms with Gasteiger partial charge in [0.25, 0.3) is 0 Å². The van der Waals surface area contributed by atoms with Gasteiger partial charge in [0.05, 0.1) is 25.9 Å². The molecule has 0 fully saturated rings. The molecular formula is C20H18N2O4. The molecule has 0 atom stereocenters. The molecule has 0 saturated carbocycles. The Bertz CT molecular complexity index is 944. The fraction of sp³-hybridized carbons (Fsp3) is 0.250. The van der Waals surface area contributed by atoms with E-state index in [1.807, 2.05) is 24.3 Å². The molecule has 0 aliphatic carbocycles. The average Bonchev–Trinajstić information content (AvgIpc) is 3.02. The van der Waals surface area contributed by atoms with E-state index in [0.29, 0.717) is 17.1 Å². The lowest BCUT2D eigenvalue weighted by Gasteiger charge is -2.14. The first-order chi connectivity index (χ1) is 12.7. The fourth-order valence-corrected chi connectivity index (χ4v) is 3.26. The maximum atomic E-state index is 9.59. The van der Waals surface area contributed by atoms with E-state index in [1.54, 1.807) is 20.3 Å². The predicted molar refractivity (Wildman–Crippen MR) is 96.4 cm³/mol. The fourth-order valence-electron chi connectivity index (χ4n) is 3.26. The van der Waals surface area contributed by atoms with E-state index >= 15 is 0 Å². The van der Waals surface area contributed by atoms with Crippen LogP contribution in [0.25, 0.3) is 11.8 Å². The van der Waals surface area contributed by atoms with Gasteiger partial charge >= 0.3 is 0 Å². The number of methoxy groups -OCH3 is 2. The molecule has 0 aromatic heterocycles. The van der Waals surface area contributed by atoms with Crippen LogP contribution in [-0.4, -0.2) is 27.6 Å². The number of benzene rings is 2. The summed E-state index contributed by atoms with van der Waals surface area (Å²) in [6, 6.07) is 9.78. The third kappa shape index (κ3) is 2.68. The molecule has 0 unspecified atom stereocenters. The number of rotatable bonds is 3. The normalized spacial score (nSPS) is 14.4. The van der Waals surface area contributed by atoms with Crippen LogP contribution in [-0.2, 0) is 6.42 Å². The van der Waals surface area contributed by atoms with Gasteiger partial charge in [0, 0.05) is 23.9 Å². The van der Waals surface area contributed by atoms with Crippen molar-refractivity contribution in [3.8, 4) is 29.1 Å². The van der Waals surface area contributed by atoms with E-state index in [0.717, 1.165) is 41.3 Å². The van der Waals surface area contributed by atoms with Gasteiger partial charge in [0.1, 0.15) is 0 Å². The zero-order chi connectivity index (χ0) is 18.1. The van der Waals surface area contributed by atoms with Gasteiger partial charge in [-0.2, -0.15) is 5.26 Å². The molecule has 2 aliphatic heterocycles. The van der Waals surface area contributed by atoms with Crippen molar-refractivity contribution in [1.29, 1.82) is 5.26 Å². The van der Waals surface area contributed by atoms with Crippen LogP contribution in [0.1, 0.15) is 22.3 Å². The van der Waals surface area contributed by atoms with E-state index < -0.39 is 0 Å². The lowest BCUT2D eigenvalue weighted by molar-refractivity contribution is 0.174. The van der Waals surface area contributed by atoms with Gasteiger partial charge in [-0.25, -0.2) is 0 Å². The maximum absolute atomic E-state index is 9.59. The van der Waals surface area contributed by atoms with Crippen molar-refractivity contribution in [3.63, 3.8) is 0 Å². The van der Waals surface area contributed by atoms with Crippen LogP contribution < -0.4 is 24.3 Å². The average molecular weight is 350 g/mol. The number of nitriles is 1. The number of hydrogen-bond acceptors (Lipinski definition) is 6. The molecule has 26 heavy (non-hydrogen) atoms. The van der Waals surface area contributed by atoms with Crippen molar-refractivity contribution in [2.24, 2.45) is 0 Å². The van der Waals surface area contributed by atoms with Crippen LogP contribution in [0.15, 0.2) is 24.3 Å². The van der Waals surface area contributed by atoms with Crippen LogP contribution in [0.3, 0.4) is 0 Å². The van der Waals surface area contributed by atoms with Crippen molar-refractivity contribution in [3.05, 3.63) is 46.5 Å². The molecule has 2 aromatic rings. The van der Waals surface area contributed by atoms with E-state index in [4.69, 9.17) is 18.9 Å². The lowest BCUT2D eigenvalue weighted by atomic mass is 10.00. The Kier molecular flexibility index (Phi) is 4.05. The molecule has 0 amide bonds. The summed E-state index contributed by atoms with van der Waals surface area (Å²) in [5, 5.41) is 13.0. The minimum absolute atomic E-state index is 0.251. The molecule has 0 saturated heterocycles. The Morgan fingerprint density at radius 3 is 2.50 bits per heavy atom. The Balaban J connectivity index is 1.84. The first-order valence-electron chi connectivity index (χ1n) is 8.28. The quantitative estimate of drug-likeness (QED) is 0.918. The summed E-state index contributed by atoms with van der Waals surface area (Å²) in [5.74, 6) is 2.64. The Hall–Kier alpha value is -3.33. The van der Waals surface area contributed by atoms with Crippen LogP contribution in [0, 0.1) is 11.3 Å². The molecule has 0 spiro atoms. The van der Waals surface area contributed by atoms with Crippen molar-refractivity contribution >= 4 is 11.8 Å². The molecule has 2 aliphatic rings. The number of nitrogens with one attached hydrogen (secondary N) is 1. The standard InChI is InChI=1S/C20H18N2O4/c1-23-17-8-14(10-21)15(9-18(17)24-2)16-5-13-7-20-19(25-11-26-20)6-12(13)3-4-22-16/h5-9,22H,3-4,11H2,1-2H3. The number of ether oxygens (including phenoxy) is 4. The Morgan fingerprint density at radius 1 is 1.04 bits per heavy atom. The monoisotopic (exact) mass is 350 g/mol. The molecule has 6 heteroatoms. The van der Waals surface area contributed by atoms with Crippen molar-refractivity contribution in [2.45, 2.75) is 6.42 Å². The summed E-state index contributed by atoms with van der Waals surface area (Å²) in [4.78, 5) is 0. The van der Waals surface area contributed by atoms with Crippen LogP contribution in [0.5, 0.6) is 23.0 Å². The maximum Gasteiger partial charge on any atom is 0.231 e. The van der Waals surface area contributed by atoms with E-state index in [1.165, 1.54) is 5.56 Å². The van der Waals surface area contributed by atoms with Gasteiger partial charge in [-0.1, -0.05) is 0 Å². The highest BCUT2D eigenvalue weighted by Crippen LogP contribution is 2.38.